The van der Waals surface area contributed by atoms with E-state index in [0.29, 0.717) is 17.9 Å². The van der Waals surface area contributed by atoms with Gasteiger partial charge in [-0.15, -0.1) is 13.2 Å². The summed E-state index contributed by atoms with van der Waals surface area (Å²) in [4.78, 5) is 20.5. The molecule has 1 aromatic carbocycles. The lowest BCUT2D eigenvalue weighted by molar-refractivity contribution is -0.274. The zero-order valence-electron chi connectivity index (χ0n) is 15.4. The SMILES string of the molecule is O=C(N/N=C/c1cccc(OC(F)(F)F)c1)c1cccnc1NCc1ccncc1. The van der Waals surface area contributed by atoms with Gasteiger partial charge in [0.2, 0.25) is 0 Å². The Labute approximate surface area is 169 Å². The monoisotopic (exact) mass is 415 g/mol. The van der Waals surface area contributed by atoms with Crippen LogP contribution in [0.4, 0.5) is 19.0 Å². The van der Waals surface area contributed by atoms with E-state index >= 15 is 0 Å². The summed E-state index contributed by atoms with van der Waals surface area (Å²) in [6.07, 6.45) is 1.28. The first kappa shape index (κ1) is 20.8. The molecule has 7 nitrogen and oxygen atoms in total. The zero-order chi connectivity index (χ0) is 21.4. The normalized spacial score (nSPS) is 11.3. The van der Waals surface area contributed by atoms with Gasteiger partial charge in [0.1, 0.15) is 11.6 Å². The summed E-state index contributed by atoms with van der Waals surface area (Å²) in [7, 11) is 0. The largest absolute Gasteiger partial charge is 0.573 e. The zero-order valence-corrected chi connectivity index (χ0v) is 15.4. The van der Waals surface area contributed by atoms with E-state index in [1.54, 1.807) is 30.7 Å². The molecule has 30 heavy (non-hydrogen) atoms. The maximum absolute atomic E-state index is 12.4. The van der Waals surface area contributed by atoms with Crippen LogP contribution in [0.25, 0.3) is 0 Å². The maximum Gasteiger partial charge on any atom is 0.573 e. The Balaban J connectivity index is 1.63. The quantitative estimate of drug-likeness (QED) is 0.453. The number of pyridine rings is 2. The molecule has 1 amide bonds. The Morgan fingerprint density at radius 2 is 1.90 bits per heavy atom. The molecule has 0 saturated heterocycles. The van der Waals surface area contributed by atoms with Crippen molar-refractivity contribution in [2.45, 2.75) is 12.9 Å². The lowest BCUT2D eigenvalue weighted by atomic mass is 10.2. The number of amides is 1. The molecule has 0 radical (unpaired) electrons. The molecule has 2 heterocycles. The highest BCUT2D eigenvalue weighted by molar-refractivity contribution is 5.99. The number of hydrogen-bond donors (Lipinski definition) is 2. The second-order valence-electron chi connectivity index (χ2n) is 5.93. The first-order valence-electron chi connectivity index (χ1n) is 8.68. The van der Waals surface area contributed by atoms with E-state index in [4.69, 9.17) is 0 Å². The van der Waals surface area contributed by atoms with E-state index in [1.165, 1.54) is 24.4 Å². The molecule has 0 aliphatic carbocycles. The van der Waals surface area contributed by atoms with Gasteiger partial charge < -0.3 is 10.1 Å². The molecular weight excluding hydrogens is 399 g/mol. The van der Waals surface area contributed by atoms with Crippen molar-refractivity contribution in [1.29, 1.82) is 0 Å². The Kier molecular flexibility index (Phi) is 6.58. The highest BCUT2D eigenvalue weighted by Crippen LogP contribution is 2.22. The summed E-state index contributed by atoms with van der Waals surface area (Å²) in [6.45, 7) is 0.440. The van der Waals surface area contributed by atoms with Gasteiger partial charge in [0.15, 0.2) is 0 Å². The van der Waals surface area contributed by atoms with E-state index in [9.17, 15) is 18.0 Å². The van der Waals surface area contributed by atoms with Crippen LogP contribution >= 0.6 is 0 Å². The van der Waals surface area contributed by atoms with Crippen LogP contribution in [0.3, 0.4) is 0 Å². The lowest BCUT2D eigenvalue weighted by Gasteiger charge is -2.10. The highest BCUT2D eigenvalue weighted by Gasteiger charge is 2.31. The number of carbonyl (C=O) groups is 1. The molecule has 2 aromatic heterocycles. The summed E-state index contributed by atoms with van der Waals surface area (Å²) >= 11 is 0. The van der Waals surface area contributed by atoms with Crippen molar-refractivity contribution in [3.05, 3.63) is 83.8 Å². The van der Waals surface area contributed by atoms with Crippen molar-refractivity contribution in [3.63, 3.8) is 0 Å². The van der Waals surface area contributed by atoms with Gasteiger partial charge in [-0.25, -0.2) is 10.4 Å². The van der Waals surface area contributed by atoms with Crippen LogP contribution < -0.4 is 15.5 Å². The average Bonchev–Trinajstić information content (AvgIpc) is 2.72. The van der Waals surface area contributed by atoms with Crippen LogP contribution in [0, 0.1) is 0 Å². The van der Waals surface area contributed by atoms with Gasteiger partial charge in [-0.05, 0) is 47.5 Å². The van der Waals surface area contributed by atoms with Crippen LogP contribution in [0.15, 0.2) is 72.2 Å². The summed E-state index contributed by atoms with van der Waals surface area (Å²) in [6, 6.07) is 12.1. The smallest absolute Gasteiger partial charge is 0.406 e. The molecule has 2 N–H and O–H groups in total. The van der Waals surface area contributed by atoms with E-state index in [2.05, 4.69) is 30.5 Å². The lowest BCUT2D eigenvalue weighted by Crippen LogP contribution is -2.20. The standard InChI is InChI=1S/C20H16F3N5O2/c21-20(22,23)30-16-4-1-3-15(11-16)13-27-28-19(29)17-5-2-8-25-18(17)26-12-14-6-9-24-10-7-14/h1-11,13H,12H2,(H,25,26)(H,28,29)/b27-13+. The number of nitrogens with one attached hydrogen (secondary N) is 2. The van der Waals surface area contributed by atoms with Crippen molar-refractivity contribution in [2.75, 3.05) is 5.32 Å². The number of alkyl halides is 3. The molecule has 154 valence electrons. The van der Waals surface area contributed by atoms with E-state index in [-0.39, 0.29) is 11.3 Å². The fourth-order valence-corrected chi connectivity index (χ4v) is 2.43. The summed E-state index contributed by atoms with van der Waals surface area (Å²) in [5, 5.41) is 6.86. The van der Waals surface area contributed by atoms with Gasteiger partial charge in [0.05, 0.1) is 11.8 Å². The highest BCUT2D eigenvalue weighted by atomic mass is 19.4. The average molecular weight is 415 g/mol. The molecule has 3 rings (SSSR count). The van der Waals surface area contributed by atoms with Crippen molar-refractivity contribution >= 4 is 17.9 Å². The van der Waals surface area contributed by atoms with Crippen molar-refractivity contribution in [2.24, 2.45) is 5.10 Å². The van der Waals surface area contributed by atoms with Crippen molar-refractivity contribution < 1.29 is 22.7 Å². The number of nitrogens with zero attached hydrogens (tertiary/aromatic N) is 3. The number of ether oxygens (including phenoxy) is 1. The molecule has 0 unspecified atom stereocenters. The molecule has 10 heteroatoms. The number of halogens is 3. The van der Waals surface area contributed by atoms with Gasteiger partial charge in [0.25, 0.3) is 5.91 Å². The first-order valence-corrected chi connectivity index (χ1v) is 8.68. The second kappa shape index (κ2) is 9.50. The number of rotatable bonds is 7. The minimum atomic E-state index is -4.79. The first-order chi connectivity index (χ1) is 14.4. The summed E-state index contributed by atoms with van der Waals surface area (Å²) < 4.78 is 40.7. The Hall–Kier alpha value is -3.95. The Morgan fingerprint density at radius 3 is 2.67 bits per heavy atom. The molecular formula is C20H16F3N5O2. The van der Waals surface area contributed by atoms with Gasteiger partial charge in [0, 0.05) is 25.1 Å². The molecule has 0 spiro atoms. The predicted octanol–water partition coefficient (Wildman–Crippen LogP) is 3.75. The molecule has 3 aromatic rings. The summed E-state index contributed by atoms with van der Waals surface area (Å²) in [5.41, 5.74) is 3.87. The predicted molar refractivity (Wildman–Crippen MR) is 104 cm³/mol. The van der Waals surface area contributed by atoms with Crippen LogP contribution in [0.2, 0.25) is 0 Å². The molecule has 0 atom stereocenters. The van der Waals surface area contributed by atoms with E-state index in [1.807, 2.05) is 12.1 Å². The molecule has 0 aliphatic rings. The minimum Gasteiger partial charge on any atom is -0.406 e. The maximum atomic E-state index is 12.4. The number of hydrogen-bond acceptors (Lipinski definition) is 6. The van der Waals surface area contributed by atoms with Crippen LogP contribution in [0.1, 0.15) is 21.5 Å². The van der Waals surface area contributed by atoms with E-state index < -0.39 is 12.3 Å². The number of benzene rings is 1. The topological polar surface area (TPSA) is 88.5 Å². The number of anilines is 1. The minimum absolute atomic E-state index is 0.262. The number of carbonyl (C=O) groups excluding carboxylic acids is 1. The van der Waals surface area contributed by atoms with Gasteiger partial charge in [-0.3, -0.25) is 9.78 Å². The molecule has 0 saturated carbocycles. The number of hydrazone groups is 1. The molecule has 0 fully saturated rings. The fraction of sp³-hybridized carbons (Fsp3) is 0.100. The second-order valence-corrected chi connectivity index (χ2v) is 5.93. The number of aromatic nitrogens is 2. The van der Waals surface area contributed by atoms with Crippen molar-refractivity contribution in [3.8, 4) is 5.75 Å². The Morgan fingerprint density at radius 1 is 1.10 bits per heavy atom. The fourth-order valence-electron chi connectivity index (χ4n) is 2.43. The van der Waals surface area contributed by atoms with Crippen LogP contribution in [-0.2, 0) is 6.54 Å². The van der Waals surface area contributed by atoms with E-state index in [0.717, 1.165) is 11.6 Å². The van der Waals surface area contributed by atoms with Gasteiger partial charge in [-0.1, -0.05) is 12.1 Å². The van der Waals surface area contributed by atoms with Gasteiger partial charge in [-0.2, -0.15) is 5.10 Å². The summed E-state index contributed by atoms with van der Waals surface area (Å²) in [5.74, 6) is -0.547. The third-order valence-electron chi connectivity index (χ3n) is 3.73. The Bertz CT molecular complexity index is 1030. The van der Waals surface area contributed by atoms with Crippen LogP contribution in [0.5, 0.6) is 5.75 Å². The molecule has 0 aliphatic heterocycles. The van der Waals surface area contributed by atoms with Gasteiger partial charge >= 0.3 is 6.36 Å². The third-order valence-corrected chi connectivity index (χ3v) is 3.73. The van der Waals surface area contributed by atoms with Crippen LogP contribution in [-0.4, -0.2) is 28.5 Å². The third kappa shape index (κ3) is 6.30. The van der Waals surface area contributed by atoms with Crippen molar-refractivity contribution in [1.82, 2.24) is 15.4 Å². The molecule has 0 bridgehead atoms.